The molecule has 0 aliphatic carbocycles. The van der Waals surface area contributed by atoms with Gasteiger partial charge in [-0.2, -0.15) is 13.2 Å². The Morgan fingerprint density at radius 2 is 1.80 bits per heavy atom. The summed E-state index contributed by atoms with van der Waals surface area (Å²) in [6.45, 7) is -0.527. The predicted molar refractivity (Wildman–Crippen MR) is 33.0 cm³/mol. The average molecular weight is 180 g/mol. The largest absolute Gasteiger partial charge is 0.403 e. The number of aliphatic hydroxyl groups excluding tert-OH is 1. The van der Waals surface area contributed by atoms with E-state index in [1.54, 1.807) is 0 Å². The molecule has 0 heterocycles. The number of alkyl halides is 3. The van der Waals surface area contributed by atoms with Gasteiger partial charge in [-0.05, 0) is 6.42 Å². The third-order valence-electron chi connectivity index (χ3n) is 0.861. The molecule has 0 aromatic carbocycles. The van der Waals surface area contributed by atoms with Crippen molar-refractivity contribution >= 4 is 12.4 Å². The number of halogens is 4. The van der Waals surface area contributed by atoms with E-state index in [1.807, 2.05) is 0 Å². The molecule has 1 atom stereocenters. The van der Waals surface area contributed by atoms with Crippen LogP contribution in [0.15, 0.2) is 0 Å². The van der Waals surface area contributed by atoms with Crippen LogP contribution >= 0.6 is 12.4 Å². The van der Waals surface area contributed by atoms with Crippen LogP contribution in [0.4, 0.5) is 13.2 Å². The highest BCUT2D eigenvalue weighted by molar-refractivity contribution is 5.85. The Bertz CT molecular complexity index is 87.1. The summed E-state index contributed by atoms with van der Waals surface area (Å²) in [4.78, 5) is 0. The zero-order chi connectivity index (χ0) is 7.49. The zero-order valence-corrected chi connectivity index (χ0v) is 5.87. The van der Waals surface area contributed by atoms with Crippen molar-refractivity contribution in [3.63, 3.8) is 0 Å². The molecule has 0 aliphatic heterocycles. The van der Waals surface area contributed by atoms with E-state index in [0.29, 0.717) is 0 Å². The van der Waals surface area contributed by atoms with Gasteiger partial charge in [-0.25, -0.2) is 0 Å². The van der Waals surface area contributed by atoms with Crippen LogP contribution in [0.1, 0.15) is 6.42 Å². The number of aliphatic hydroxyl groups is 1. The molecule has 0 radical (unpaired) electrons. The van der Waals surface area contributed by atoms with Gasteiger partial charge < -0.3 is 10.8 Å². The summed E-state index contributed by atoms with van der Waals surface area (Å²) in [6, 6.07) is -1.89. The first-order chi connectivity index (χ1) is 3.98. The minimum Gasteiger partial charge on any atom is -0.396 e. The SMILES string of the molecule is Cl.N[C@@H](CCO)C(F)(F)F. The monoisotopic (exact) mass is 179 g/mol. The van der Waals surface area contributed by atoms with Gasteiger partial charge in [0.2, 0.25) is 0 Å². The third-order valence-corrected chi connectivity index (χ3v) is 0.861. The van der Waals surface area contributed by atoms with Crippen LogP contribution in [0.2, 0.25) is 0 Å². The quantitative estimate of drug-likeness (QED) is 0.655. The maximum absolute atomic E-state index is 11.4. The molecular weight excluding hydrogens is 170 g/mol. The molecule has 2 nitrogen and oxygen atoms in total. The van der Waals surface area contributed by atoms with Gasteiger partial charge in [0.25, 0.3) is 0 Å². The fraction of sp³-hybridized carbons (Fsp3) is 1.00. The van der Waals surface area contributed by atoms with Gasteiger partial charge >= 0.3 is 6.18 Å². The lowest BCUT2D eigenvalue weighted by Crippen LogP contribution is -2.37. The van der Waals surface area contributed by atoms with Gasteiger partial charge in [0.1, 0.15) is 6.04 Å². The van der Waals surface area contributed by atoms with E-state index in [1.165, 1.54) is 0 Å². The molecule has 0 aromatic rings. The van der Waals surface area contributed by atoms with Crippen LogP contribution in [0.3, 0.4) is 0 Å². The molecule has 0 saturated carbocycles. The molecule has 6 heteroatoms. The smallest absolute Gasteiger partial charge is 0.396 e. The predicted octanol–water partition coefficient (Wildman–Crippen LogP) is 0.680. The number of rotatable bonds is 2. The Kier molecular flexibility index (Phi) is 6.02. The molecule has 0 spiro atoms. The molecule has 0 saturated heterocycles. The highest BCUT2D eigenvalue weighted by Crippen LogP contribution is 2.19. The van der Waals surface area contributed by atoms with E-state index in [-0.39, 0.29) is 12.4 Å². The van der Waals surface area contributed by atoms with Crippen LogP contribution in [0, 0.1) is 0 Å². The molecule has 0 rings (SSSR count). The fourth-order valence-electron chi connectivity index (χ4n) is 0.303. The molecule has 0 bridgehead atoms. The molecule has 64 valence electrons. The number of hydrogen-bond donors (Lipinski definition) is 2. The Balaban J connectivity index is 0. The Labute approximate surface area is 62.6 Å². The first-order valence-corrected chi connectivity index (χ1v) is 2.41. The summed E-state index contributed by atoms with van der Waals surface area (Å²) < 4.78 is 34.2. The molecule has 10 heavy (non-hydrogen) atoms. The van der Waals surface area contributed by atoms with Crippen molar-refractivity contribution in [3.05, 3.63) is 0 Å². The van der Waals surface area contributed by atoms with Crippen molar-refractivity contribution in [2.24, 2.45) is 5.73 Å². The van der Waals surface area contributed by atoms with Crippen LogP contribution in [0.25, 0.3) is 0 Å². The van der Waals surface area contributed by atoms with Crippen molar-refractivity contribution in [2.45, 2.75) is 18.6 Å². The number of nitrogens with two attached hydrogens (primary N) is 1. The molecule has 0 fully saturated rings. The highest BCUT2D eigenvalue weighted by Gasteiger charge is 2.35. The van der Waals surface area contributed by atoms with Gasteiger partial charge in [-0.15, -0.1) is 12.4 Å². The van der Waals surface area contributed by atoms with Crippen molar-refractivity contribution in [1.29, 1.82) is 0 Å². The fourth-order valence-corrected chi connectivity index (χ4v) is 0.303. The van der Waals surface area contributed by atoms with Crippen LogP contribution in [0.5, 0.6) is 0 Å². The lowest BCUT2D eigenvalue weighted by Gasteiger charge is -2.12. The van der Waals surface area contributed by atoms with Crippen LogP contribution < -0.4 is 5.73 Å². The maximum Gasteiger partial charge on any atom is 0.403 e. The van der Waals surface area contributed by atoms with Gasteiger partial charge in [0, 0.05) is 6.61 Å². The summed E-state index contributed by atoms with van der Waals surface area (Å²) >= 11 is 0. The number of hydrogen-bond acceptors (Lipinski definition) is 2. The Morgan fingerprint density at radius 3 is 1.90 bits per heavy atom. The van der Waals surface area contributed by atoms with Crippen molar-refractivity contribution < 1.29 is 18.3 Å². The van der Waals surface area contributed by atoms with E-state index in [2.05, 4.69) is 5.73 Å². The zero-order valence-electron chi connectivity index (χ0n) is 5.06. The molecule has 0 aromatic heterocycles. The molecular formula is C4H9ClF3NO. The summed E-state index contributed by atoms with van der Waals surface area (Å²) in [5.74, 6) is 0. The van der Waals surface area contributed by atoms with E-state index < -0.39 is 25.2 Å². The molecule has 3 N–H and O–H groups in total. The lowest BCUT2D eigenvalue weighted by molar-refractivity contribution is -0.150. The van der Waals surface area contributed by atoms with E-state index in [0.717, 1.165) is 0 Å². The Hall–Kier alpha value is -0.0000000000000000555. The molecule has 0 amide bonds. The molecule has 0 unspecified atom stereocenters. The minimum absolute atomic E-state index is 0. The normalized spacial score (nSPS) is 14.1. The summed E-state index contributed by atoms with van der Waals surface area (Å²) in [6.07, 6.45) is -4.80. The van der Waals surface area contributed by atoms with Crippen molar-refractivity contribution in [3.8, 4) is 0 Å². The second-order valence-corrected chi connectivity index (χ2v) is 1.66. The lowest BCUT2D eigenvalue weighted by atomic mass is 10.2. The maximum atomic E-state index is 11.4. The van der Waals surface area contributed by atoms with Crippen LogP contribution in [-0.2, 0) is 0 Å². The van der Waals surface area contributed by atoms with Crippen LogP contribution in [-0.4, -0.2) is 23.9 Å². The summed E-state index contributed by atoms with van der Waals surface area (Å²) in [5.41, 5.74) is 4.58. The van der Waals surface area contributed by atoms with Gasteiger partial charge in [-0.1, -0.05) is 0 Å². The van der Waals surface area contributed by atoms with Crippen molar-refractivity contribution in [2.75, 3.05) is 6.61 Å². The van der Waals surface area contributed by atoms with E-state index in [9.17, 15) is 13.2 Å². The van der Waals surface area contributed by atoms with E-state index >= 15 is 0 Å². The topological polar surface area (TPSA) is 46.2 Å². The average Bonchev–Trinajstić information content (AvgIpc) is 1.64. The second kappa shape index (κ2) is 4.76. The highest BCUT2D eigenvalue weighted by atomic mass is 35.5. The second-order valence-electron chi connectivity index (χ2n) is 1.66. The van der Waals surface area contributed by atoms with Gasteiger partial charge in [-0.3, -0.25) is 0 Å². The minimum atomic E-state index is -4.37. The van der Waals surface area contributed by atoms with Gasteiger partial charge in [0.15, 0.2) is 0 Å². The first kappa shape index (κ1) is 12.7. The third kappa shape index (κ3) is 4.84. The molecule has 0 aliphatic rings. The first-order valence-electron chi connectivity index (χ1n) is 2.41. The Morgan fingerprint density at radius 1 is 1.40 bits per heavy atom. The standard InChI is InChI=1S/C4H8F3NO.ClH/c5-4(6,7)3(8)1-2-9;/h3,9H,1-2,8H2;1H/t3-;/m0./s1. The summed E-state index contributed by atoms with van der Waals surface area (Å²) in [5, 5.41) is 8.02. The summed E-state index contributed by atoms with van der Waals surface area (Å²) in [7, 11) is 0. The van der Waals surface area contributed by atoms with E-state index in [4.69, 9.17) is 5.11 Å². The van der Waals surface area contributed by atoms with Crippen molar-refractivity contribution in [1.82, 2.24) is 0 Å². The van der Waals surface area contributed by atoms with Gasteiger partial charge in [0.05, 0.1) is 0 Å².